The Morgan fingerprint density at radius 1 is 0.568 bits per heavy atom. The van der Waals surface area contributed by atoms with Crippen LogP contribution in [0.25, 0.3) is 22.1 Å². The van der Waals surface area contributed by atoms with Crippen molar-refractivity contribution in [2.45, 2.75) is 36.3 Å². The van der Waals surface area contributed by atoms with E-state index in [1.165, 1.54) is 73.9 Å². The van der Waals surface area contributed by atoms with E-state index in [0.717, 1.165) is 31.4 Å². The van der Waals surface area contributed by atoms with E-state index in [9.17, 15) is 47.9 Å². The number of para-hydroxylation sites is 4. The highest BCUT2D eigenvalue weighted by molar-refractivity contribution is 8.76. The number of carbonyl (C=O) groups excluding carboxylic acids is 10. The summed E-state index contributed by atoms with van der Waals surface area (Å²) in [5.74, 6) is -6.75. The lowest BCUT2D eigenvalue weighted by molar-refractivity contribution is -0.144. The molecule has 4 N–H and O–H groups in total. The topological polar surface area (TPSA) is 283 Å². The minimum Gasteiger partial charge on any atom is -0.345 e. The molecular weight excluding hydrogens is 1070 g/mol. The van der Waals surface area contributed by atoms with Crippen LogP contribution in [0.4, 0.5) is 0 Å². The second kappa shape index (κ2) is 27.2. The highest BCUT2D eigenvalue weighted by Gasteiger charge is 2.39. The number of nitrogens with zero attached hydrogens (tertiary/aromatic N) is 8. The maximum Gasteiger partial charge on any atom is 0.272 e. The summed E-state index contributed by atoms with van der Waals surface area (Å²) >= 11 is 3.88. The Hall–Kier alpha value is -5.68. The number of benzene rings is 2. The molecule has 2 bridgehead atoms. The molecule has 0 saturated carbocycles. The summed E-state index contributed by atoms with van der Waals surface area (Å²) in [5, 5.41) is 9.22. The van der Waals surface area contributed by atoms with E-state index < -0.39 is 107 Å². The lowest BCUT2D eigenvalue weighted by Crippen LogP contribution is -2.57. The highest BCUT2D eigenvalue weighted by Crippen LogP contribution is 2.29. The van der Waals surface area contributed by atoms with Crippen LogP contribution < -0.4 is 21.3 Å². The van der Waals surface area contributed by atoms with Gasteiger partial charge in [-0.25, -0.2) is 9.97 Å². The van der Waals surface area contributed by atoms with E-state index in [1.807, 2.05) is 0 Å². The van der Waals surface area contributed by atoms with Gasteiger partial charge in [0.05, 0.1) is 47.6 Å². The van der Waals surface area contributed by atoms with Crippen LogP contribution in [0.1, 0.15) is 21.0 Å². The van der Waals surface area contributed by atoms with Crippen molar-refractivity contribution in [3.05, 3.63) is 72.3 Å². The van der Waals surface area contributed by atoms with Crippen LogP contribution in [0.2, 0.25) is 0 Å². The number of aromatic nitrogens is 4. The zero-order chi connectivity index (χ0) is 53.6. The van der Waals surface area contributed by atoms with Crippen molar-refractivity contribution < 1.29 is 47.9 Å². The molecule has 2 aromatic heterocycles. The number of likely N-dealkylation sites (N-methyl/N-ethyl adjacent to an activating group) is 4. The fourth-order valence-corrected chi connectivity index (χ4v) is 13.5. The number of carbonyl (C=O) groups is 10. The van der Waals surface area contributed by atoms with Crippen LogP contribution >= 0.6 is 68.6 Å². The second-order valence-corrected chi connectivity index (χ2v) is 23.1. The van der Waals surface area contributed by atoms with Crippen molar-refractivity contribution in [3.8, 4) is 0 Å². The van der Waals surface area contributed by atoms with Gasteiger partial charge in [0.1, 0.15) is 47.6 Å². The number of hydrogen-bond donors (Lipinski definition) is 4. The molecule has 8 amide bonds. The smallest absolute Gasteiger partial charge is 0.272 e. The average molecular weight is 1130 g/mol. The van der Waals surface area contributed by atoms with Gasteiger partial charge in [0.25, 0.3) is 11.8 Å². The normalized spacial score (nSPS) is 23.1. The summed E-state index contributed by atoms with van der Waals surface area (Å²) in [4.78, 5) is 163. The maximum absolute atomic E-state index is 14.7. The SMILES string of the molecule is CSC[C@H]1C(=O)SC[C@@H](NC(=O)c2cnc3ccccc3n2)C(=O)NCC(=O)N(C)[C@H]2CSSC[C@@H](C(=O)N1C)N(C)C(=O)CNC(=O)[C@H](NC(=O)c1cnc3ccccc3n1)CSC(=O)[C@H](CSC)N(C)C2=O. The van der Waals surface area contributed by atoms with Gasteiger partial charge < -0.3 is 40.9 Å². The third kappa shape index (κ3) is 14.6. The number of rotatable bonds is 8. The third-order valence-electron chi connectivity index (χ3n) is 11.9. The predicted octanol–water partition coefficient (Wildman–Crippen LogP) is 0.665. The molecule has 22 nitrogen and oxygen atoms in total. The van der Waals surface area contributed by atoms with Gasteiger partial charge in [0, 0.05) is 62.7 Å². The van der Waals surface area contributed by atoms with E-state index in [0.29, 0.717) is 45.6 Å². The molecule has 74 heavy (non-hydrogen) atoms. The first-order chi connectivity index (χ1) is 35.4. The molecule has 6 atom stereocenters. The largest absolute Gasteiger partial charge is 0.345 e. The Kier molecular flexibility index (Phi) is 21.2. The van der Waals surface area contributed by atoms with Crippen LogP contribution in [-0.4, -0.2) is 222 Å². The van der Waals surface area contributed by atoms with Gasteiger partial charge in [-0.3, -0.25) is 57.9 Å². The Balaban J connectivity index is 1.35. The van der Waals surface area contributed by atoms with Gasteiger partial charge in [0.2, 0.25) is 45.7 Å². The number of nitrogens with one attached hydrogen (secondary N) is 4. The van der Waals surface area contributed by atoms with Crippen molar-refractivity contribution in [1.82, 2.24) is 60.8 Å². The Bertz CT molecular complexity index is 2610. The molecule has 0 radical (unpaired) electrons. The molecule has 394 valence electrons. The van der Waals surface area contributed by atoms with E-state index in [1.54, 1.807) is 61.0 Å². The molecular formula is C46H54N12O10S6. The van der Waals surface area contributed by atoms with Crippen LogP contribution in [0.5, 0.6) is 0 Å². The number of amides is 8. The van der Waals surface area contributed by atoms with Crippen LogP contribution in [-0.2, 0) is 38.4 Å². The monoisotopic (exact) mass is 1130 g/mol. The highest BCUT2D eigenvalue weighted by atomic mass is 33.1. The fraction of sp³-hybridized carbons (Fsp3) is 0.435. The van der Waals surface area contributed by atoms with E-state index >= 15 is 0 Å². The molecule has 2 aliphatic rings. The molecule has 2 fully saturated rings. The molecule has 2 aromatic carbocycles. The van der Waals surface area contributed by atoms with Gasteiger partial charge >= 0.3 is 0 Å². The lowest BCUT2D eigenvalue weighted by Gasteiger charge is -2.35. The molecule has 2 aliphatic heterocycles. The van der Waals surface area contributed by atoms with E-state index in [4.69, 9.17) is 0 Å². The fourth-order valence-electron chi connectivity index (χ4n) is 7.35. The van der Waals surface area contributed by atoms with E-state index in [2.05, 4.69) is 41.2 Å². The zero-order valence-corrected chi connectivity index (χ0v) is 45.9. The Morgan fingerprint density at radius 2 is 0.932 bits per heavy atom. The van der Waals surface area contributed by atoms with Gasteiger partial charge in [-0.05, 0) is 36.8 Å². The van der Waals surface area contributed by atoms with Gasteiger partial charge in [0.15, 0.2) is 0 Å². The minimum absolute atomic E-state index is 0.0940. The summed E-state index contributed by atoms with van der Waals surface area (Å²) in [6.45, 7) is -1.29. The van der Waals surface area contributed by atoms with Crippen molar-refractivity contribution in [2.24, 2.45) is 0 Å². The number of hydrogen-bond acceptors (Lipinski definition) is 20. The molecule has 0 aliphatic carbocycles. The Morgan fingerprint density at radius 3 is 1.30 bits per heavy atom. The maximum atomic E-state index is 14.7. The number of thioether (sulfide) groups is 4. The van der Waals surface area contributed by atoms with Crippen molar-refractivity contribution >= 4 is 148 Å². The second-order valence-electron chi connectivity index (χ2n) is 16.7. The molecule has 4 heterocycles. The summed E-state index contributed by atoms with van der Waals surface area (Å²) in [5.41, 5.74) is 1.62. The Labute approximate surface area is 451 Å². The van der Waals surface area contributed by atoms with Crippen molar-refractivity contribution in [2.75, 3.05) is 88.3 Å². The number of fused-ring (bicyclic) bond motifs is 7. The zero-order valence-electron chi connectivity index (χ0n) is 41.0. The predicted molar refractivity (Wildman–Crippen MR) is 290 cm³/mol. The summed E-state index contributed by atoms with van der Waals surface area (Å²) in [7, 11) is 7.77. The molecule has 0 spiro atoms. The van der Waals surface area contributed by atoms with Gasteiger partial charge in [-0.2, -0.15) is 23.5 Å². The summed E-state index contributed by atoms with van der Waals surface area (Å²) < 4.78 is 0. The average Bonchev–Trinajstić information content (AvgIpc) is 3.41. The quantitative estimate of drug-likeness (QED) is 0.176. The third-order valence-corrected chi connectivity index (χ3v) is 17.7. The van der Waals surface area contributed by atoms with E-state index in [-0.39, 0.29) is 45.9 Å². The van der Waals surface area contributed by atoms with Crippen LogP contribution in [0.15, 0.2) is 60.9 Å². The molecule has 6 rings (SSSR count). The van der Waals surface area contributed by atoms with Crippen LogP contribution in [0, 0.1) is 0 Å². The first kappa shape index (κ1) is 57.6. The minimum atomic E-state index is -1.44. The summed E-state index contributed by atoms with van der Waals surface area (Å²) in [6.07, 6.45) is 5.94. The first-order valence-corrected chi connectivity index (χ1v) is 29.9. The molecule has 28 heteroatoms. The standard InChI is InChI=1S/C46H54N12O10S6/c1-55-33-23-73-74-24-34(44(66)58(4)36(22-70-6)46(68)72-19-31(39(61)49-17-37(55)59)53-41(63)29-15-47-25-11-7-9-13-27(25)51-29)56(2)38(60)18-50-40(62)32(20-71-45(67)35(21-69-5)57(3)43(33)65)54-42(64)30-16-48-26-12-8-10-14-28(26)52-30/h7-16,31-36H,17-24H2,1-6H3,(H,49,61)(H,50,62)(H,53,63)(H,54,64)/t31-,32-,33+,34+,35+,36+/m1/s1. The molecule has 0 unspecified atom stereocenters. The lowest BCUT2D eigenvalue weighted by atomic mass is 10.2. The van der Waals surface area contributed by atoms with Crippen molar-refractivity contribution in [3.63, 3.8) is 0 Å². The van der Waals surface area contributed by atoms with Crippen LogP contribution in [0.3, 0.4) is 0 Å². The van der Waals surface area contributed by atoms with Gasteiger partial charge in [-0.15, -0.1) is 0 Å². The molecule has 2 saturated heterocycles. The summed E-state index contributed by atoms with van der Waals surface area (Å²) in [6, 6.07) is 6.07. The van der Waals surface area contributed by atoms with Gasteiger partial charge in [-0.1, -0.05) is 69.4 Å². The first-order valence-electron chi connectivity index (χ1n) is 22.6. The van der Waals surface area contributed by atoms with Crippen molar-refractivity contribution in [1.29, 1.82) is 0 Å². The molecule has 4 aromatic rings.